The number of hydrogen-bond acceptors (Lipinski definition) is 4. The van der Waals surface area contributed by atoms with Gasteiger partial charge >= 0.3 is 0 Å². The number of aryl methyl sites for hydroxylation is 1. The van der Waals surface area contributed by atoms with Crippen molar-refractivity contribution in [2.45, 2.75) is 26.8 Å². The molecule has 6 nitrogen and oxygen atoms in total. The molecule has 124 valence electrons. The third-order valence-corrected chi connectivity index (χ3v) is 3.88. The number of pyridine rings is 1. The van der Waals surface area contributed by atoms with Crippen molar-refractivity contribution < 1.29 is 9.21 Å². The second-order valence-corrected chi connectivity index (χ2v) is 5.35. The van der Waals surface area contributed by atoms with Crippen LogP contribution in [0, 0.1) is 6.92 Å². The Hall–Kier alpha value is -2.34. The highest BCUT2D eigenvalue weighted by Gasteiger charge is 2.22. The zero-order valence-corrected chi connectivity index (χ0v) is 13.8. The van der Waals surface area contributed by atoms with Gasteiger partial charge in [-0.1, -0.05) is 13.8 Å². The molecule has 2 aromatic rings. The van der Waals surface area contributed by atoms with Gasteiger partial charge in [-0.15, -0.1) is 0 Å². The van der Waals surface area contributed by atoms with Crippen LogP contribution in [0.2, 0.25) is 0 Å². The second-order valence-electron chi connectivity index (χ2n) is 5.35. The van der Waals surface area contributed by atoms with E-state index in [2.05, 4.69) is 29.0 Å². The maximum absolute atomic E-state index is 12.3. The van der Waals surface area contributed by atoms with Gasteiger partial charge in [0.05, 0.1) is 12.3 Å². The van der Waals surface area contributed by atoms with Crippen molar-refractivity contribution in [3.05, 3.63) is 57.9 Å². The van der Waals surface area contributed by atoms with Crippen molar-refractivity contribution >= 4 is 5.91 Å². The molecule has 0 aliphatic carbocycles. The summed E-state index contributed by atoms with van der Waals surface area (Å²) in [4.78, 5) is 29.0. The molecule has 23 heavy (non-hydrogen) atoms. The average Bonchev–Trinajstić information content (AvgIpc) is 3.05. The minimum absolute atomic E-state index is 0.0616. The first-order chi connectivity index (χ1) is 11.1. The maximum Gasteiger partial charge on any atom is 0.260 e. The summed E-state index contributed by atoms with van der Waals surface area (Å²) in [5, 5.41) is 2.84. The summed E-state index contributed by atoms with van der Waals surface area (Å²) in [5.41, 5.74) is 0.469. The Morgan fingerprint density at radius 3 is 2.61 bits per heavy atom. The van der Waals surface area contributed by atoms with Crippen molar-refractivity contribution in [3.8, 4) is 0 Å². The number of H-pyrrole nitrogens is 1. The molecule has 0 aliphatic heterocycles. The summed E-state index contributed by atoms with van der Waals surface area (Å²) in [6.07, 6.45) is 1.62. The molecular weight excluding hydrogens is 294 g/mol. The first-order valence-electron chi connectivity index (χ1n) is 7.82. The molecule has 0 radical (unpaired) electrons. The van der Waals surface area contributed by atoms with Crippen LogP contribution in [0.3, 0.4) is 0 Å². The van der Waals surface area contributed by atoms with Crippen LogP contribution in [0.1, 0.15) is 41.7 Å². The zero-order chi connectivity index (χ0) is 16.8. The monoisotopic (exact) mass is 317 g/mol. The van der Waals surface area contributed by atoms with Gasteiger partial charge in [-0.3, -0.25) is 14.5 Å². The predicted octanol–water partition coefficient (Wildman–Crippen LogP) is 2.09. The number of carbonyl (C=O) groups is 1. The van der Waals surface area contributed by atoms with Gasteiger partial charge in [-0.25, -0.2) is 0 Å². The SMILES string of the molecule is CCN(CC)C(CNC(=O)c1ccc(C)[nH]c1=O)c1ccco1. The maximum atomic E-state index is 12.3. The van der Waals surface area contributed by atoms with Crippen molar-refractivity contribution in [3.63, 3.8) is 0 Å². The van der Waals surface area contributed by atoms with E-state index in [0.717, 1.165) is 24.5 Å². The normalized spacial score (nSPS) is 12.3. The van der Waals surface area contributed by atoms with Gasteiger partial charge in [0, 0.05) is 12.2 Å². The van der Waals surface area contributed by atoms with Gasteiger partial charge in [0.15, 0.2) is 0 Å². The number of hydrogen-bond donors (Lipinski definition) is 2. The number of aromatic nitrogens is 1. The van der Waals surface area contributed by atoms with Crippen LogP contribution in [0.4, 0.5) is 0 Å². The molecule has 0 spiro atoms. The third-order valence-electron chi connectivity index (χ3n) is 3.88. The average molecular weight is 317 g/mol. The van der Waals surface area contributed by atoms with Crippen molar-refractivity contribution in [2.75, 3.05) is 19.6 Å². The summed E-state index contributed by atoms with van der Waals surface area (Å²) >= 11 is 0. The Labute approximate surface area is 135 Å². The molecule has 1 atom stereocenters. The van der Waals surface area contributed by atoms with Crippen molar-refractivity contribution in [2.24, 2.45) is 0 Å². The molecule has 0 aliphatic rings. The van der Waals surface area contributed by atoms with Crippen LogP contribution in [0.15, 0.2) is 39.7 Å². The van der Waals surface area contributed by atoms with Crippen LogP contribution < -0.4 is 10.9 Å². The van der Waals surface area contributed by atoms with Crippen LogP contribution in [-0.4, -0.2) is 35.4 Å². The minimum atomic E-state index is -0.380. The quantitative estimate of drug-likeness (QED) is 0.819. The lowest BCUT2D eigenvalue weighted by molar-refractivity contribution is 0.0928. The predicted molar refractivity (Wildman–Crippen MR) is 88.5 cm³/mol. The lowest BCUT2D eigenvalue weighted by atomic mass is 10.1. The fourth-order valence-corrected chi connectivity index (χ4v) is 2.59. The first-order valence-corrected chi connectivity index (χ1v) is 7.82. The van der Waals surface area contributed by atoms with Gasteiger partial charge in [-0.05, 0) is 44.3 Å². The Bertz CT molecular complexity index is 687. The molecule has 0 saturated carbocycles. The van der Waals surface area contributed by atoms with Gasteiger partial charge in [-0.2, -0.15) is 0 Å². The highest BCUT2D eigenvalue weighted by atomic mass is 16.3. The second kappa shape index (κ2) is 7.78. The minimum Gasteiger partial charge on any atom is -0.468 e. The molecule has 1 unspecified atom stereocenters. The number of furan rings is 1. The summed E-state index contributed by atoms with van der Waals surface area (Å²) < 4.78 is 5.50. The Kier molecular flexibility index (Phi) is 5.76. The van der Waals surface area contributed by atoms with E-state index in [1.807, 2.05) is 12.1 Å². The molecule has 0 bridgehead atoms. The molecule has 0 aromatic carbocycles. The van der Waals surface area contributed by atoms with Crippen LogP contribution in [0.5, 0.6) is 0 Å². The number of carbonyl (C=O) groups excluding carboxylic acids is 1. The van der Waals surface area contributed by atoms with E-state index >= 15 is 0 Å². The number of rotatable bonds is 7. The number of amides is 1. The zero-order valence-electron chi connectivity index (χ0n) is 13.8. The van der Waals surface area contributed by atoms with Gasteiger partial charge in [0.2, 0.25) is 0 Å². The lowest BCUT2D eigenvalue weighted by Crippen LogP contribution is -2.39. The molecule has 2 N–H and O–H groups in total. The fourth-order valence-electron chi connectivity index (χ4n) is 2.59. The summed E-state index contributed by atoms with van der Waals surface area (Å²) in [5.74, 6) is 0.418. The topological polar surface area (TPSA) is 78.3 Å². The van der Waals surface area contributed by atoms with E-state index in [-0.39, 0.29) is 23.1 Å². The molecule has 2 rings (SSSR count). The first kappa shape index (κ1) is 17.0. The number of likely N-dealkylation sites (N-methyl/N-ethyl adjacent to an activating group) is 1. The van der Waals surface area contributed by atoms with E-state index in [1.165, 1.54) is 0 Å². The molecule has 2 aromatic heterocycles. The molecular formula is C17H23N3O3. The number of nitrogens with zero attached hydrogens (tertiary/aromatic N) is 1. The third kappa shape index (κ3) is 4.10. The highest BCUT2D eigenvalue weighted by molar-refractivity contribution is 5.93. The van der Waals surface area contributed by atoms with E-state index in [1.54, 1.807) is 25.3 Å². The highest BCUT2D eigenvalue weighted by Crippen LogP contribution is 2.20. The van der Waals surface area contributed by atoms with E-state index in [0.29, 0.717) is 6.54 Å². The number of aromatic amines is 1. The van der Waals surface area contributed by atoms with Crippen molar-refractivity contribution in [1.82, 2.24) is 15.2 Å². The van der Waals surface area contributed by atoms with Crippen LogP contribution >= 0.6 is 0 Å². The van der Waals surface area contributed by atoms with Crippen LogP contribution in [-0.2, 0) is 0 Å². The smallest absolute Gasteiger partial charge is 0.260 e. The molecule has 0 saturated heterocycles. The number of nitrogens with one attached hydrogen (secondary N) is 2. The summed E-state index contributed by atoms with van der Waals surface area (Å²) in [6, 6.07) is 6.92. The molecule has 0 fully saturated rings. The van der Waals surface area contributed by atoms with E-state index in [4.69, 9.17) is 4.42 Å². The molecule has 6 heteroatoms. The largest absolute Gasteiger partial charge is 0.468 e. The van der Waals surface area contributed by atoms with Gasteiger partial charge in [0.25, 0.3) is 11.5 Å². The summed E-state index contributed by atoms with van der Waals surface area (Å²) in [6.45, 7) is 7.95. The van der Waals surface area contributed by atoms with Gasteiger partial charge < -0.3 is 14.7 Å². The Morgan fingerprint density at radius 1 is 1.30 bits per heavy atom. The Balaban J connectivity index is 2.11. The van der Waals surface area contributed by atoms with Gasteiger partial charge in [0.1, 0.15) is 11.3 Å². The Morgan fingerprint density at radius 2 is 2.04 bits per heavy atom. The van der Waals surface area contributed by atoms with E-state index in [9.17, 15) is 9.59 Å². The standard InChI is InChI=1S/C17H23N3O3/c1-4-20(5-2)14(15-7-6-10-23-15)11-18-16(21)13-9-8-12(3)19-17(13)22/h6-10,14H,4-5,11H2,1-3H3,(H,18,21)(H,19,22). The van der Waals surface area contributed by atoms with Crippen LogP contribution in [0.25, 0.3) is 0 Å². The summed E-state index contributed by atoms with van der Waals surface area (Å²) in [7, 11) is 0. The van der Waals surface area contributed by atoms with E-state index < -0.39 is 0 Å². The molecule has 2 heterocycles. The fraction of sp³-hybridized carbons (Fsp3) is 0.412. The lowest BCUT2D eigenvalue weighted by Gasteiger charge is -2.28. The van der Waals surface area contributed by atoms with Crippen molar-refractivity contribution in [1.29, 1.82) is 0 Å². The molecule has 1 amide bonds.